The zero-order valence-electron chi connectivity index (χ0n) is 21.4. The first kappa shape index (κ1) is 24.9. The van der Waals surface area contributed by atoms with Crippen molar-refractivity contribution >= 4 is 40.4 Å². The molecule has 2 aromatic carbocycles. The molecule has 5 rings (SSSR count). The number of rotatable bonds is 6. The second-order valence-electron chi connectivity index (χ2n) is 9.57. The van der Waals surface area contributed by atoms with Crippen molar-refractivity contribution in [3.8, 4) is 28.4 Å². The highest BCUT2D eigenvalue weighted by Gasteiger charge is 2.33. The van der Waals surface area contributed by atoms with Crippen LogP contribution < -0.4 is 14.8 Å². The fourth-order valence-corrected chi connectivity index (χ4v) is 5.80. The summed E-state index contributed by atoms with van der Waals surface area (Å²) < 4.78 is 22.3. The number of carbonyl (C=O) groups is 1. The topological polar surface area (TPSA) is 86.3 Å². The molecular weight excluding hydrogens is 490 g/mol. The van der Waals surface area contributed by atoms with Gasteiger partial charge in [0, 0.05) is 27.3 Å². The maximum Gasteiger partial charge on any atom is 0.331 e. The molecule has 0 aliphatic carbocycles. The molecule has 8 heteroatoms. The summed E-state index contributed by atoms with van der Waals surface area (Å²) in [4.78, 5) is 12.4. The van der Waals surface area contributed by atoms with Crippen molar-refractivity contribution in [2.24, 2.45) is 0 Å². The zero-order chi connectivity index (χ0) is 26.3. The molecule has 0 radical (unpaired) electrons. The summed E-state index contributed by atoms with van der Waals surface area (Å²) in [6.07, 6.45) is 4.22. The van der Waals surface area contributed by atoms with Gasteiger partial charge in [-0.1, -0.05) is 12.1 Å². The fourth-order valence-electron chi connectivity index (χ4n) is 4.96. The number of esters is 1. The quantitative estimate of drug-likeness (QED) is 0.369. The molecule has 0 atom stereocenters. The third-order valence-corrected chi connectivity index (χ3v) is 7.33. The molecular formula is C29H29NO6S. The number of allylic oxidation sites excluding steroid dienone is 1. The average molecular weight is 520 g/mol. The minimum absolute atomic E-state index is 0.0516. The van der Waals surface area contributed by atoms with E-state index in [0.717, 1.165) is 38.4 Å². The number of ether oxygens (including phenoxy) is 4. The Hall–Kier alpha value is -3.75. The maximum absolute atomic E-state index is 11.5. The lowest BCUT2D eigenvalue weighted by atomic mass is 9.83. The molecule has 0 unspecified atom stereocenters. The van der Waals surface area contributed by atoms with Crippen LogP contribution in [-0.2, 0) is 20.9 Å². The van der Waals surface area contributed by atoms with Gasteiger partial charge in [-0.25, -0.2) is 4.79 Å². The Bertz CT molecular complexity index is 1450. The number of anilines is 1. The number of hydrogen-bond acceptors (Lipinski definition) is 8. The third kappa shape index (κ3) is 4.58. The first-order valence-electron chi connectivity index (χ1n) is 11.9. The van der Waals surface area contributed by atoms with E-state index in [1.807, 2.05) is 23.6 Å². The van der Waals surface area contributed by atoms with Crippen LogP contribution in [0.5, 0.6) is 17.2 Å². The standard InChI is InChI=1S/C29H29NO6S/c1-16-13-29(2,3)30-19-7-6-18-26(25(16)19)22(36-21-9-8-20(31)28(34-5)27(18)21)12-23-17(10-11-37-23)14-35-15-24(32)33-4/h6-13,30-31H,14-15H2,1-5H3/b22-12-. The van der Waals surface area contributed by atoms with Crippen LogP contribution in [-0.4, -0.2) is 37.4 Å². The number of thiophene rings is 1. The molecule has 1 aromatic heterocycles. The Morgan fingerprint density at radius 3 is 2.70 bits per heavy atom. The van der Waals surface area contributed by atoms with E-state index >= 15 is 0 Å². The van der Waals surface area contributed by atoms with Crippen molar-refractivity contribution in [3.63, 3.8) is 0 Å². The number of methoxy groups -OCH3 is 2. The molecule has 2 aliphatic heterocycles. The van der Waals surface area contributed by atoms with Gasteiger partial charge in [-0.2, -0.15) is 0 Å². The summed E-state index contributed by atoms with van der Waals surface area (Å²) in [6.45, 7) is 6.52. The van der Waals surface area contributed by atoms with E-state index in [-0.39, 0.29) is 24.5 Å². The van der Waals surface area contributed by atoms with Crippen LogP contribution in [0, 0.1) is 0 Å². The Kier molecular flexibility index (Phi) is 6.47. The van der Waals surface area contributed by atoms with Gasteiger partial charge in [0.1, 0.15) is 18.1 Å². The van der Waals surface area contributed by atoms with Gasteiger partial charge in [-0.15, -0.1) is 11.3 Å². The number of phenols is 1. The van der Waals surface area contributed by atoms with Crippen molar-refractivity contribution in [2.45, 2.75) is 32.9 Å². The monoisotopic (exact) mass is 519 g/mol. The predicted octanol–water partition coefficient (Wildman–Crippen LogP) is 6.32. The summed E-state index contributed by atoms with van der Waals surface area (Å²) in [5, 5.41) is 16.1. The SMILES string of the molecule is COC(=O)COCc1ccsc1/C=C1\Oc2ccc(O)c(OC)c2-c2ccc3c(c21)C(C)=CC(C)(C)N3. The van der Waals surface area contributed by atoms with E-state index in [9.17, 15) is 9.90 Å². The van der Waals surface area contributed by atoms with Crippen molar-refractivity contribution in [1.82, 2.24) is 0 Å². The van der Waals surface area contributed by atoms with Gasteiger partial charge in [0.25, 0.3) is 0 Å². The summed E-state index contributed by atoms with van der Waals surface area (Å²) in [6, 6.07) is 9.41. The van der Waals surface area contributed by atoms with Gasteiger partial charge in [0.2, 0.25) is 0 Å². The van der Waals surface area contributed by atoms with E-state index in [4.69, 9.17) is 14.2 Å². The summed E-state index contributed by atoms with van der Waals surface area (Å²) >= 11 is 1.56. The molecule has 7 nitrogen and oxygen atoms in total. The van der Waals surface area contributed by atoms with E-state index in [1.54, 1.807) is 30.6 Å². The van der Waals surface area contributed by atoms with Gasteiger partial charge in [0.05, 0.1) is 31.9 Å². The van der Waals surface area contributed by atoms with Gasteiger partial charge in [-0.05, 0) is 67.6 Å². The summed E-state index contributed by atoms with van der Waals surface area (Å²) in [5.74, 6) is 1.28. The lowest BCUT2D eigenvalue weighted by molar-refractivity contribution is -0.146. The molecule has 3 aromatic rings. The Labute approximate surface area is 219 Å². The van der Waals surface area contributed by atoms with Crippen LogP contribution in [0.4, 0.5) is 5.69 Å². The lowest BCUT2D eigenvalue weighted by Crippen LogP contribution is -2.32. The number of aromatic hydroxyl groups is 1. The number of carbonyl (C=O) groups excluding carboxylic acids is 1. The number of nitrogens with one attached hydrogen (secondary N) is 1. The normalized spacial score (nSPS) is 16.0. The van der Waals surface area contributed by atoms with Crippen LogP contribution in [0.25, 0.3) is 28.5 Å². The number of hydrogen-bond donors (Lipinski definition) is 2. The largest absolute Gasteiger partial charge is 0.504 e. The fraction of sp³-hybridized carbons (Fsp3) is 0.276. The number of benzene rings is 2. The number of phenolic OH excluding ortho intramolecular Hbond substituents is 1. The molecule has 0 saturated carbocycles. The van der Waals surface area contributed by atoms with Crippen LogP contribution in [0.3, 0.4) is 0 Å². The van der Waals surface area contributed by atoms with E-state index < -0.39 is 5.97 Å². The van der Waals surface area contributed by atoms with Crippen molar-refractivity contribution in [3.05, 3.63) is 63.4 Å². The molecule has 0 saturated heterocycles. The van der Waals surface area contributed by atoms with E-state index in [1.165, 1.54) is 7.11 Å². The highest BCUT2D eigenvalue weighted by atomic mass is 32.1. The molecule has 37 heavy (non-hydrogen) atoms. The average Bonchev–Trinajstić information content (AvgIpc) is 3.29. The van der Waals surface area contributed by atoms with Gasteiger partial charge in [-0.3, -0.25) is 0 Å². The predicted molar refractivity (Wildman–Crippen MR) is 146 cm³/mol. The minimum Gasteiger partial charge on any atom is -0.504 e. The second-order valence-corrected chi connectivity index (χ2v) is 10.5. The van der Waals surface area contributed by atoms with Gasteiger partial charge in [0.15, 0.2) is 11.5 Å². The lowest BCUT2D eigenvalue weighted by Gasteiger charge is -2.35. The minimum atomic E-state index is -0.419. The zero-order valence-corrected chi connectivity index (χ0v) is 22.2. The third-order valence-electron chi connectivity index (χ3n) is 6.42. The molecule has 2 aliphatic rings. The number of fused-ring (bicyclic) bond motifs is 5. The van der Waals surface area contributed by atoms with Gasteiger partial charge < -0.3 is 29.4 Å². The molecule has 192 valence electrons. The maximum atomic E-state index is 11.5. The van der Waals surface area contributed by atoms with Gasteiger partial charge >= 0.3 is 5.97 Å². The van der Waals surface area contributed by atoms with Crippen molar-refractivity contribution in [1.29, 1.82) is 0 Å². The smallest absolute Gasteiger partial charge is 0.331 e. The second kappa shape index (κ2) is 9.61. The molecule has 0 spiro atoms. The molecule has 2 N–H and O–H groups in total. The van der Waals surface area contributed by atoms with Crippen LogP contribution in [0.1, 0.15) is 42.3 Å². The Morgan fingerprint density at radius 1 is 1.14 bits per heavy atom. The highest BCUT2D eigenvalue weighted by molar-refractivity contribution is 7.11. The molecule has 0 amide bonds. The summed E-state index contributed by atoms with van der Waals surface area (Å²) in [5.41, 5.74) is 6.46. The Balaban J connectivity index is 1.67. The van der Waals surface area contributed by atoms with E-state index in [2.05, 4.69) is 43.0 Å². The summed E-state index contributed by atoms with van der Waals surface area (Å²) in [7, 11) is 2.88. The van der Waals surface area contributed by atoms with Crippen molar-refractivity contribution in [2.75, 3.05) is 26.1 Å². The van der Waals surface area contributed by atoms with E-state index in [0.29, 0.717) is 22.8 Å². The molecule has 0 fully saturated rings. The first-order valence-corrected chi connectivity index (χ1v) is 12.8. The van der Waals surface area contributed by atoms with Crippen LogP contribution >= 0.6 is 11.3 Å². The van der Waals surface area contributed by atoms with Crippen molar-refractivity contribution < 1.29 is 28.8 Å². The highest BCUT2D eigenvalue weighted by Crippen LogP contribution is 2.54. The van der Waals surface area contributed by atoms with Crippen LogP contribution in [0.15, 0.2) is 41.8 Å². The molecule has 3 heterocycles. The van der Waals surface area contributed by atoms with Crippen LogP contribution in [0.2, 0.25) is 0 Å². The Morgan fingerprint density at radius 2 is 1.95 bits per heavy atom. The first-order chi connectivity index (χ1) is 17.7. The molecule has 0 bridgehead atoms.